The second-order valence-corrected chi connectivity index (χ2v) is 7.28. The molecule has 0 fully saturated rings. The van der Waals surface area contributed by atoms with Gasteiger partial charge in [0.05, 0.1) is 11.5 Å². The van der Waals surface area contributed by atoms with Gasteiger partial charge in [-0.1, -0.05) is 34.6 Å². The molecule has 134 valence electrons. The largest absolute Gasteiger partial charge is 0.497 e. The van der Waals surface area contributed by atoms with E-state index in [0.29, 0.717) is 5.82 Å². The fourth-order valence-corrected chi connectivity index (χ4v) is 2.74. The number of ether oxygens (including phenoxy) is 1. The first-order chi connectivity index (χ1) is 11.3. The van der Waals surface area contributed by atoms with Gasteiger partial charge in [0.25, 0.3) is 0 Å². The molecule has 24 heavy (non-hydrogen) atoms. The van der Waals surface area contributed by atoms with E-state index in [0.717, 1.165) is 56.2 Å². The number of nitrogens with two attached hydrogens (primary N) is 1. The van der Waals surface area contributed by atoms with Gasteiger partial charge in [-0.2, -0.15) is 5.10 Å². The zero-order valence-electron chi connectivity index (χ0n) is 15.8. The fourth-order valence-electron chi connectivity index (χ4n) is 2.74. The molecule has 0 aromatic carbocycles. The highest BCUT2D eigenvalue weighted by molar-refractivity contribution is 5.56. The van der Waals surface area contributed by atoms with Crippen molar-refractivity contribution < 1.29 is 4.74 Å². The summed E-state index contributed by atoms with van der Waals surface area (Å²) in [7, 11) is 0. The van der Waals surface area contributed by atoms with Gasteiger partial charge in [0.15, 0.2) is 0 Å². The Labute approximate surface area is 146 Å². The maximum atomic E-state index is 6.15. The molecular weight excluding hydrogens is 300 g/mol. The minimum absolute atomic E-state index is 0.00311. The van der Waals surface area contributed by atoms with Crippen LogP contribution in [-0.2, 0) is 10.2 Å². The van der Waals surface area contributed by atoms with Crippen LogP contribution in [-0.4, -0.2) is 40.9 Å². The number of hydrogen-bond acceptors (Lipinski definition) is 4. The Morgan fingerprint density at radius 3 is 2.42 bits per heavy atom. The van der Waals surface area contributed by atoms with E-state index in [1.165, 1.54) is 0 Å². The third-order valence-electron chi connectivity index (χ3n) is 4.46. The van der Waals surface area contributed by atoms with Crippen molar-refractivity contribution in [3.05, 3.63) is 29.7 Å². The SMILES string of the molecule is CCN(CC)CCOC1=CC=C(n2nc(C(C)(C)C)cc2N)CC1. The van der Waals surface area contributed by atoms with Gasteiger partial charge in [0.2, 0.25) is 0 Å². The number of likely N-dealkylation sites (N-methyl/N-ethyl adjacent to an activating group) is 1. The van der Waals surface area contributed by atoms with Crippen molar-refractivity contribution in [1.82, 2.24) is 14.7 Å². The number of allylic oxidation sites excluding steroid dienone is 4. The summed E-state index contributed by atoms with van der Waals surface area (Å²) in [6.07, 6.45) is 5.92. The van der Waals surface area contributed by atoms with Crippen LogP contribution in [0.2, 0.25) is 0 Å². The van der Waals surface area contributed by atoms with Crippen LogP contribution < -0.4 is 5.73 Å². The van der Waals surface area contributed by atoms with Crippen LogP contribution in [0, 0.1) is 0 Å². The Balaban J connectivity index is 1.99. The van der Waals surface area contributed by atoms with Crippen LogP contribution in [0.4, 0.5) is 5.82 Å². The molecule has 0 bridgehead atoms. The van der Waals surface area contributed by atoms with Gasteiger partial charge in [-0.3, -0.25) is 0 Å². The van der Waals surface area contributed by atoms with E-state index in [4.69, 9.17) is 10.5 Å². The van der Waals surface area contributed by atoms with E-state index in [9.17, 15) is 0 Å². The van der Waals surface area contributed by atoms with Crippen LogP contribution in [0.15, 0.2) is 24.0 Å². The average molecular weight is 332 g/mol. The molecule has 0 unspecified atom stereocenters. The fraction of sp³-hybridized carbons (Fsp3) is 0.632. The van der Waals surface area contributed by atoms with Crippen LogP contribution in [0.25, 0.3) is 5.70 Å². The molecule has 1 aromatic rings. The number of nitrogen functional groups attached to an aromatic ring is 1. The summed E-state index contributed by atoms with van der Waals surface area (Å²) < 4.78 is 7.77. The maximum Gasteiger partial charge on any atom is 0.127 e. The zero-order chi connectivity index (χ0) is 17.7. The van der Waals surface area contributed by atoms with Gasteiger partial charge in [-0.05, 0) is 31.7 Å². The summed E-state index contributed by atoms with van der Waals surface area (Å²) in [5.41, 5.74) is 8.30. The highest BCUT2D eigenvalue weighted by Crippen LogP contribution is 2.28. The smallest absolute Gasteiger partial charge is 0.127 e. The van der Waals surface area contributed by atoms with Crippen molar-refractivity contribution in [3.63, 3.8) is 0 Å². The van der Waals surface area contributed by atoms with Crippen molar-refractivity contribution in [2.45, 2.75) is 52.9 Å². The molecule has 2 rings (SSSR count). The zero-order valence-corrected chi connectivity index (χ0v) is 15.8. The lowest BCUT2D eigenvalue weighted by Crippen LogP contribution is -2.27. The molecule has 0 saturated heterocycles. The second-order valence-electron chi connectivity index (χ2n) is 7.28. The summed E-state index contributed by atoms with van der Waals surface area (Å²) in [6.45, 7) is 14.7. The predicted molar refractivity (Wildman–Crippen MR) is 101 cm³/mol. The van der Waals surface area contributed by atoms with Crippen molar-refractivity contribution in [2.24, 2.45) is 0 Å². The Morgan fingerprint density at radius 2 is 1.92 bits per heavy atom. The van der Waals surface area contributed by atoms with E-state index >= 15 is 0 Å². The Morgan fingerprint density at radius 1 is 1.21 bits per heavy atom. The Kier molecular flexibility index (Phi) is 6.10. The van der Waals surface area contributed by atoms with E-state index < -0.39 is 0 Å². The third kappa shape index (κ3) is 4.63. The first-order valence-electron chi connectivity index (χ1n) is 8.96. The molecule has 0 spiro atoms. The molecule has 1 aliphatic carbocycles. The van der Waals surface area contributed by atoms with Gasteiger partial charge in [-0.15, -0.1) is 0 Å². The minimum atomic E-state index is 0.00311. The highest BCUT2D eigenvalue weighted by atomic mass is 16.5. The lowest BCUT2D eigenvalue weighted by Gasteiger charge is -2.20. The van der Waals surface area contributed by atoms with E-state index in [1.807, 2.05) is 10.7 Å². The highest BCUT2D eigenvalue weighted by Gasteiger charge is 2.21. The van der Waals surface area contributed by atoms with Gasteiger partial charge >= 0.3 is 0 Å². The first-order valence-corrected chi connectivity index (χ1v) is 8.96. The molecule has 2 N–H and O–H groups in total. The molecule has 0 aliphatic heterocycles. The number of aromatic nitrogens is 2. The monoisotopic (exact) mass is 332 g/mol. The summed E-state index contributed by atoms with van der Waals surface area (Å²) in [4.78, 5) is 2.36. The Hall–Kier alpha value is -1.75. The molecule has 0 radical (unpaired) electrons. The van der Waals surface area contributed by atoms with E-state index in [-0.39, 0.29) is 5.41 Å². The molecule has 5 nitrogen and oxygen atoms in total. The van der Waals surface area contributed by atoms with Crippen molar-refractivity contribution in [2.75, 3.05) is 32.0 Å². The van der Waals surface area contributed by atoms with Crippen molar-refractivity contribution in [1.29, 1.82) is 0 Å². The van der Waals surface area contributed by atoms with Crippen molar-refractivity contribution in [3.8, 4) is 0 Å². The summed E-state index contributed by atoms with van der Waals surface area (Å²) in [5.74, 6) is 1.75. The van der Waals surface area contributed by atoms with Gasteiger partial charge in [-0.25, -0.2) is 4.68 Å². The van der Waals surface area contributed by atoms with Crippen LogP contribution >= 0.6 is 0 Å². The molecule has 1 aromatic heterocycles. The van der Waals surface area contributed by atoms with E-state index in [2.05, 4.69) is 56.8 Å². The topological polar surface area (TPSA) is 56.3 Å². The summed E-state index contributed by atoms with van der Waals surface area (Å²) >= 11 is 0. The van der Waals surface area contributed by atoms with E-state index in [1.54, 1.807) is 0 Å². The molecule has 5 heteroatoms. The lowest BCUT2D eigenvalue weighted by atomic mass is 9.92. The van der Waals surface area contributed by atoms with Gasteiger partial charge in [0.1, 0.15) is 12.4 Å². The molecular formula is C19H32N4O. The summed E-state index contributed by atoms with van der Waals surface area (Å²) in [6, 6.07) is 1.97. The number of hydrogen-bond donors (Lipinski definition) is 1. The van der Waals surface area contributed by atoms with Crippen LogP contribution in [0.1, 0.15) is 53.2 Å². The second kappa shape index (κ2) is 7.88. The standard InChI is InChI=1S/C19H32N4O/c1-6-22(7-2)12-13-24-16-10-8-15(9-11-16)23-18(20)14-17(21-23)19(3,4)5/h8,10,14H,6-7,9,11-13,20H2,1-5H3. The van der Waals surface area contributed by atoms with Crippen molar-refractivity contribution >= 4 is 11.5 Å². The molecule has 0 atom stereocenters. The van der Waals surface area contributed by atoms with Crippen LogP contribution in [0.5, 0.6) is 0 Å². The predicted octanol–water partition coefficient (Wildman–Crippen LogP) is 3.64. The minimum Gasteiger partial charge on any atom is -0.497 e. The van der Waals surface area contributed by atoms with Gasteiger partial charge < -0.3 is 15.4 Å². The number of rotatable bonds is 7. The number of anilines is 1. The lowest BCUT2D eigenvalue weighted by molar-refractivity contribution is 0.157. The van der Waals surface area contributed by atoms with Crippen LogP contribution in [0.3, 0.4) is 0 Å². The Bertz CT molecular complexity index is 603. The maximum absolute atomic E-state index is 6.15. The first kappa shape index (κ1) is 18.6. The quantitative estimate of drug-likeness (QED) is 0.828. The molecule has 0 saturated carbocycles. The number of nitrogens with zero attached hydrogens (tertiary/aromatic N) is 3. The normalized spacial score (nSPS) is 15.4. The average Bonchev–Trinajstić information content (AvgIpc) is 2.94. The molecule has 0 amide bonds. The summed E-state index contributed by atoms with van der Waals surface area (Å²) in [5, 5.41) is 4.68. The van der Waals surface area contributed by atoms with Gasteiger partial charge in [0, 0.05) is 30.1 Å². The molecule has 1 aliphatic rings. The third-order valence-corrected chi connectivity index (χ3v) is 4.46. The molecule has 1 heterocycles.